The van der Waals surface area contributed by atoms with Crippen LogP contribution in [0.2, 0.25) is 0 Å². The summed E-state index contributed by atoms with van der Waals surface area (Å²) in [7, 11) is -3.44. The lowest BCUT2D eigenvalue weighted by Crippen LogP contribution is -2.53. The van der Waals surface area contributed by atoms with Crippen LogP contribution in [0.25, 0.3) is 0 Å². The number of fused-ring (bicyclic) bond motifs is 2. The lowest BCUT2D eigenvalue weighted by Gasteiger charge is -2.41. The Morgan fingerprint density at radius 3 is 2.45 bits per heavy atom. The Bertz CT molecular complexity index is 534. The lowest BCUT2D eigenvalue weighted by atomic mass is 9.70. The fraction of sp³-hybridized carbons (Fsp3) is 1.00. The fourth-order valence-electron chi connectivity index (χ4n) is 5.30. The molecule has 3 aliphatic rings. The van der Waals surface area contributed by atoms with Crippen LogP contribution in [0.15, 0.2) is 0 Å². The van der Waals surface area contributed by atoms with Gasteiger partial charge < -0.3 is 10.8 Å². The maximum absolute atomic E-state index is 12.7. The third-order valence-corrected chi connectivity index (χ3v) is 8.54. The minimum atomic E-state index is -3.44. The third kappa shape index (κ3) is 2.52. The van der Waals surface area contributed by atoms with E-state index in [2.05, 4.69) is 18.6 Å². The summed E-state index contributed by atoms with van der Waals surface area (Å²) in [5, 5.41) is 10.5. The minimum absolute atomic E-state index is 0.0356. The summed E-state index contributed by atoms with van der Waals surface area (Å²) >= 11 is 0. The number of nitrogens with one attached hydrogen (secondary N) is 1. The minimum Gasteiger partial charge on any atom is -0.392 e. The van der Waals surface area contributed by atoms with Crippen molar-refractivity contribution in [2.24, 2.45) is 22.5 Å². The maximum atomic E-state index is 12.7. The highest BCUT2D eigenvalue weighted by atomic mass is 32.2. The van der Waals surface area contributed by atoms with Gasteiger partial charge in [-0.3, -0.25) is 0 Å². The molecule has 4 N–H and O–H groups in total. The second-order valence-corrected chi connectivity index (χ2v) is 10.1. The standard InChI is InChI=1S/C16H30N2O3S/c1-15(2)11-7-8-16(15,14(19)9-11)10-22(20,21)18-13-6-4-3-5-12(13)17/h11-14,18-19H,3-10,17H2,1-2H3/t11?,12-,13-,14?,16+/m0/s1. The summed E-state index contributed by atoms with van der Waals surface area (Å²) in [6.45, 7) is 4.26. The van der Waals surface area contributed by atoms with Crippen LogP contribution < -0.4 is 10.5 Å². The molecule has 0 aromatic heterocycles. The van der Waals surface area contributed by atoms with E-state index >= 15 is 0 Å². The molecule has 128 valence electrons. The van der Waals surface area contributed by atoms with Gasteiger partial charge in [-0.05, 0) is 43.4 Å². The van der Waals surface area contributed by atoms with Crippen LogP contribution >= 0.6 is 0 Å². The van der Waals surface area contributed by atoms with Gasteiger partial charge in [-0.25, -0.2) is 13.1 Å². The molecule has 0 aliphatic heterocycles. The highest BCUT2D eigenvalue weighted by Gasteiger charge is 2.65. The van der Waals surface area contributed by atoms with Crippen LogP contribution in [0.3, 0.4) is 0 Å². The Morgan fingerprint density at radius 1 is 1.23 bits per heavy atom. The molecule has 0 amide bonds. The number of aliphatic hydroxyl groups excluding tert-OH is 1. The number of nitrogens with two attached hydrogens (primary N) is 1. The summed E-state index contributed by atoms with van der Waals surface area (Å²) in [4.78, 5) is 0. The first kappa shape index (κ1) is 16.7. The predicted molar refractivity (Wildman–Crippen MR) is 86.7 cm³/mol. The first-order valence-corrected chi connectivity index (χ1v) is 10.3. The van der Waals surface area contributed by atoms with Crippen molar-refractivity contribution >= 4 is 10.0 Å². The van der Waals surface area contributed by atoms with Crippen molar-refractivity contribution in [2.45, 2.75) is 77.0 Å². The molecule has 2 bridgehead atoms. The van der Waals surface area contributed by atoms with Gasteiger partial charge in [-0.1, -0.05) is 26.7 Å². The lowest BCUT2D eigenvalue weighted by molar-refractivity contribution is 0.0151. The topological polar surface area (TPSA) is 92.4 Å². The van der Waals surface area contributed by atoms with Crippen molar-refractivity contribution in [3.05, 3.63) is 0 Å². The van der Waals surface area contributed by atoms with Crippen molar-refractivity contribution in [3.63, 3.8) is 0 Å². The largest absolute Gasteiger partial charge is 0.392 e. The normalized spacial score (nSPS) is 44.4. The monoisotopic (exact) mass is 330 g/mol. The summed E-state index contributed by atoms with van der Waals surface area (Å²) in [6, 6.07) is -0.229. The van der Waals surface area contributed by atoms with E-state index in [0.29, 0.717) is 5.92 Å². The van der Waals surface area contributed by atoms with E-state index in [1.165, 1.54) is 0 Å². The average Bonchev–Trinajstić information content (AvgIpc) is 2.74. The van der Waals surface area contributed by atoms with Crippen molar-refractivity contribution < 1.29 is 13.5 Å². The highest BCUT2D eigenvalue weighted by molar-refractivity contribution is 7.89. The van der Waals surface area contributed by atoms with Crippen LogP contribution in [0.5, 0.6) is 0 Å². The van der Waals surface area contributed by atoms with Crippen molar-refractivity contribution in [1.29, 1.82) is 0 Å². The number of sulfonamides is 1. The first-order chi connectivity index (χ1) is 10.2. The van der Waals surface area contributed by atoms with Crippen LogP contribution in [0.1, 0.15) is 58.8 Å². The van der Waals surface area contributed by atoms with Crippen LogP contribution in [-0.4, -0.2) is 37.5 Å². The van der Waals surface area contributed by atoms with E-state index in [1.807, 2.05) is 0 Å². The third-order valence-electron chi connectivity index (χ3n) is 6.99. The van der Waals surface area contributed by atoms with Crippen molar-refractivity contribution in [3.8, 4) is 0 Å². The molecule has 0 heterocycles. The van der Waals surface area contributed by atoms with E-state index in [9.17, 15) is 13.5 Å². The Morgan fingerprint density at radius 2 is 1.91 bits per heavy atom. The van der Waals surface area contributed by atoms with Gasteiger partial charge in [0.05, 0.1) is 11.9 Å². The van der Waals surface area contributed by atoms with Crippen LogP contribution in [0.4, 0.5) is 0 Å². The Hall–Kier alpha value is -0.170. The van der Waals surface area contributed by atoms with Gasteiger partial charge in [0.15, 0.2) is 0 Å². The van der Waals surface area contributed by atoms with Gasteiger partial charge >= 0.3 is 0 Å². The predicted octanol–water partition coefficient (Wildman–Crippen LogP) is 1.36. The zero-order valence-electron chi connectivity index (χ0n) is 13.7. The second-order valence-electron chi connectivity index (χ2n) is 8.30. The number of hydrogen-bond donors (Lipinski definition) is 3. The molecular formula is C16H30N2O3S. The molecule has 3 aliphatic carbocycles. The number of aliphatic hydroxyl groups is 1. The number of hydrogen-bond acceptors (Lipinski definition) is 4. The Labute approximate surface area is 134 Å². The molecule has 0 saturated heterocycles. The summed E-state index contributed by atoms with van der Waals surface area (Å²) < 4.78 is 28.3. The van der Waals surface area contributed by atoms with Gasteiger partial charge in [0, 0.05) is 17.5 Å². The Kier molecular flexibility index (Phi) is 4.12. The highest BCUT2D eigenvalue weighted by Crippen LogP contribution is 2.66. The molecule has 0 spiro atoms. The molecule has 0 aromatic carbocycles. The second kappa shape index (κ2) is 5.43. The molecule has 0 radical (unpaired) electrons. The van der Waals surface area contributed by atoms with E-state index in [0.717, 1.165) is 44.9 Å². The van der Waals surface area contributed by atoms with Crippen molar-refractivity contribution in [1.82, 2.24) is 4.72 Å². The summed E-state index contributed by atoms with van der Waals surface area (Å²) in [6.07, 6.45) is 5.89. The van der Waals surface area contributed by atoms with E-state index in [1.54, 1.807) is 0 Å². The van der Waals surface area contributed by atoms with Crippen LogP contribution in [0, 0.1) is 16.7 Å². The quantitative estimate of drug-likeness (QED) is 0.726. The summed E-state index contributed by atoms with van der Waals surface area (Å²) in [5.41, 5.74) is 5.46. The Balaban J connectivity index is 1.76. The molecule has 3 rings (SSSR count). The molecule has 5 atom stereocenters. The van der Waals surface area contributed by atoms with Gasteiger partial charge in [0.1, 0.15) is 0 Å². The van der Waals surface area contributed by atoms with Gasteiger partial charge in [0.2, 0.25) is 10.0 Å². The molecule has 3 fully saturated rings. The molecule has 0 aromatic rings. The molecule has 3 saturated carbocycles. The van der Waals surface area contributed by atoms with Crippen LogP contribution in [-0.2, 0) is 10.0 Å². The van der Waals surface area contributed by atoms with Crippen molar-refractivity contribution in [2.75, 3.05) is 5.75 Å². The zero-order valence-corrected chi connectivity index (χ0v) is 14.5. The smallest absolute Gasteiger partial charge is 0.212 e. The SMILES string of the molecule is CC1(C)C2CC[C@@]1(CS(=O)(=O)N[C@H]1CCCC[C@@H]1N)C(O)C2. The molecule has 5 nitrogen and oxygen atoms in total. The maximum Gasteiger partial charge on any atom is 0.212 e. The van der Waals surface area contributed by atoms with Gasteiger partial charge in [0.25, 0.3) is 0 Å². The average molecular weight is 330 g/mol. The van der Waals surface area contributed by atoms with E-state index in [-0.39, 0.29) is 23.3 Å². The number of rotatable bonds is 4. The first-order valence-electron chi connectivity index (χ1n) is 8.62. The summed E-state index contributed by atoms with van der Waals surface area (Å²) in [5.74, 6) is 0.475. The molecular weight excluding hydrogens is 300 g/mol. The van der Waals surface area contributed by atoms with E-state index in [4.69, 9.17) is 5.73 Å². The molecule has 6 heteroatoms. The zero-order chi connectivity index (χ0) is 16.2. The molecule has 22 heavy (non-hydrogen) atoms. The van der Waals surface area contributed by atoms with Gasteiger partial charge in [-0.2, -0.15) is 0 Å². The van der Waals surface area contributed by atoms with Gasteiger partial charge in [-0.15, -0.1) is 0 Å². The van der Waals surface area contributed by atoms with E-state index < -0.39 is 21.5 Å². The fourth-order valence-corrected chi connectivity index (χ4v) is 7.52. The molecule has 2 unspecified atom stereocenters.